The van der Waals surface area contributed by atoms with Crippen LogP contribution in [0.15, 0.2) is 66.9 Å². The summed E-state index contributed by atoms with van der Waals surface area (Å²) in [4.78, 5) is 15.4. The molecule has 0 saturated carbocycles. The topological polar surface area (TPSA) is 68.7 Å². The average Bonchev–Trinajstić information content (AvgIpc) is 2.67. The molecule has 0 unspecified atom stereocenters. The molecule has 26 heavy (non-hydrogen) atoms. The molecule has 0 aliphatic rings. The molecule has 0 atom stereocenters. The van der Waals surface area contributed by atoms with Crippen LogP contribution in [0.1, 0.15) is 11.1 Å². The molecule has 3 rings (SSSR count). The van der Waals surface area contributed by atoms with Crippen molar-refractivity contribution in [2.45, 2.75) is 13.0 Å². The van der Waals surface area contributed by atoms with Crippen LogP contribution in [-0.4, -0.2) is 23.2 Å². The normalized spacial score (nSPS) is 10.3. The van der Waals surface area contributed by atoms with Gasteiger partial charge in [0, 0.05) is 23.4 Å². The van der Waals surface area contributed by atoms with Crippen LogP contribution in [-0.2, 0) is 17.8 Å². The number of ether oxygens (including phenoxy) is 2. The molecule has 0 saturated heterocycles. The summed E-state index contributed by atoms with van der Waals surface area (Å²) in [6.07, 6.45) is 1.59. The lowest BCUT2D eigenvalue weighted by molar-refractivity contribution is -0.136. The number of hydrogen-bond donors (Lipinski definition) is 1. The molecule has 0 bridgehead atoms. The van der Waals surface area contributed by atoms with Crippen LogP contribution in [0, 0.1) is 0 Å². The second kappa shape index (κ2) is 8.16. The zero-order valence-corrected chi connectivity index (χ0v) is 14.4. The molecule has 0 spiro atoms. The van der Waals surface area contributed by atoms with E-state index in [1.165, 1.54) is 0 Å². The van der Waals surface area contributed by atoms with Crippen LogP contribution >= 0.6 is 0 Å². The third-order valence-electron chi connectivity index (χ3n) is 3.92. The third kappa shape index (κ3) is 4.39. The predicted octanol–water partition coefficient (Wildman–Crippen LogP) is 3.96. The van der Waals surface area contributed by atoms with Gasteiger partial charge in [0.2, 0.25) is 5.88 Å². The van der Waals surface area contributed by atoms with E-state index in [-0.39, 0.29) is 6.42 Å². The lowest BCUT2D eigenvalue weighted by Gasteiger charge is -2.13. The smallest absolute Gasteiger partial charge is 0.307 e. The molecule has 0 fully saturated rings. The Morgan fingerprint density at radius 2 is 1.81 bits per heavy atom. The maximum absolute atomic E-state index is 11.2. The van der Waals surface area contributed by atoms with Crippen molar-refractivity contribution in [2.24, 2.45) is 0 Å². The van der Waals surface area contributed by atoms with Crippen LogP contribution in [0.5, 0.6) is 11.6 Å². The molecule has 5 heteroatoms. The summed E-state index contributed by atoms with van der Waals surface area (Å²) in [5.74, 6) is 0.198. The molecular weight excluding hydrogens is 330 g/mol. The first-order valence-corrected chi connectivity index (χ1v) is 8.17. The van der Waals surface area contributed by atoms with Gasteiger partial charge in [-0.05, 0) is 29.3 Å². The SMILES string of the molecule is COc1ccc(-c2ccc(OCc3ccccc3)c(CC(=O)O)c2)cn1. The molecule has 1 aromatic heterocycles. The van der Waals surface area contributed by atoms with E-state index in [4.69, 9.17) is 9.47 Å². The predicted molar refractivity (Wildman–Crippen MR) is 98.3 cm³/mol. The fourth-order valence-corrected chi connectivity index (χ4v) is 2.61. The third-order valence-corrected chi connectivity index (χ3v) is 3.92. The zero-order valence-electron chi connectivity index (χ0n) is 14.4. The van der Waals surface area contributed by atoms with Crippen molar-refractivity contribution >= 4 is 5.97 Å². The number of carboxylic acid groups (broad SMARTS) is 1. The summed E-state index contributed by atoms with van der Waals surface area (Å²) < 4.78 is 10.9. The van der Waals surface area contributed by atoms with E-state index in [1.807, 2.05) is 48.5 Å². The highest BCUT2D eigenvalue weighted by Gasteiger charge is 2.11. The Balaban J connectivity index is 1.85. The van der Waals surface area contributed by atoms with Gasteiger partial charge in [0.1, 0.15) is 12.4 Å². The van der Waals surface area contributed by atoms with Crippen LogP contribution in [0.3, 0.4) is 0 Å². The standard InChI is InChI=1S/C21H19NO4/c1-25-20-10-8-17(13-22-20)16-7-9-19(18(11-16)12-21(23)24)26-14-15-5-3-2-4-6-15/h2-11,13H,12,14H2,1H3,(H,23,24). The summed E-state index contributed by atoms with van der Waals surface area (Å²) in [6, 6.07) is 18.9. The second-order valence-electron chi connectivity index (χ2n) is 5.76. The highest BCUT2D eigenvalue weighted by Crippen LogP contribution is 2.28. The van der Waals surface area contributed by atoms with E-state index >= 15 is 0 Å². The number of methoxy groups -OCH3 is 1. The Morgan fingerprint density at radius 3 is 2.46 bits per heavy atom. The minimum atomic E-state index is -0.903. The van der Waals surface area contributed by atoms with Gasteiger partial charge in [-0.25, -0.2) is 4.98 Å². The summed E-state index contributed by atoms with van der Waals surface area (Å²) in [5.41, 5.74) is 3.41. The Kier molecular flexibility index (Phi) is 5.49. The fourth-order valence-electron chi connectivity index (χ4n) is 2.61. The highest BCUT2D eigenvalue weighted by atomic mass is 16.5. The van der Waals surface area contributed by atoms with E-state index < -0.39 is 5.97 Å². The van der Waals surface area contributed by atoms with E-state index in [0.29, 0.717) is 23.8 Å². The minimum absolute atomic E-state index is 0.110. The van der Waals surface area contributed by atoms with Crippen molar-refractivity contribution < 1.29 is 19.4 Å². The monoisotopic (exact) mass is 349 g/mol. The quantitative estimate of drug-likeness (QED) is 0.699. The fraction of sp³-hybridized carbons (Fsp3) is 0.143. The van der Waals surface area contributed by atoms with Gasteiger partial charge >= 0.3 is 5.97 Å². The molecule has 0 aliphatic heterocycles. The number of pyridine rings is 1. The lowest BCUT2D eigenvalue weighted by atomic mass is 10.0. The summed E-state index contributed by atoms with van der Waals surface area (Å²) in [5, 5.41) is 9.22. The van der Waals surface area contributed by atoms with Crippen molar-refractivity contribution in [3.8, 4) is 22.8 Å². The van der Waals surface area contributed by atoms with Crippen molar-refractivity contribution in [3.05, 3.63) is 78.0 Å². The largest absolute Gasteiger partial charge is 0.489 e. The van der Waals surface area contributed by atoms with E-state index in [9.17, 15) is 9.90 Å². The summed E-state index contributed by atoms with van der Waals surface area (Å²) >= 11 is 0. The number of aromatic nitrogens is 1. The van der Waals surface area contributed by atoms with Gasteiger partial charge in [0.15, 0.2) is 0 Å². The number of carbonyl (C=O) groups is 1. The number of aliphatic carboxylic acids is 1. The van der Waals surface area contributed by atoms with Gasteiger partial charge in [-0.15, -0.1) is 0 Å². The first-order valence-electron chi connectivity index (χ1n) is 8.17. The lowest BCUT2D eigenvalue weighted by Crippen LogP contribution is -2.04. The summed E-state index contributed by atoms with van der Waals surface area (Å²) in [7, 11) is 1.56. The van der Waals surface area contributed by atoms with Crippen molar-refractivity contribution in [3.63, 3.8) is 0 Å². The van der Waals surface area contributed by atoms with Crippen LogP contribution in [0.25, 0.3) is 11.1 Å². The van der Waals surface area contributed by atoms with Gasteiger partial charge < -0.3 is 14.6 Å². The Morgan fingerprint density at radius 1 is 1.04 bits per heavy atom. The number of nitrogens with zero attached hydrogens (tertiary/aromatic N) is 1. The van der Waals surface area contributed by atoms with Crippen molar-refractivity contribution in [2.75, 3.05) is 7.11 Å². The van der Waals surface area contributed by atoms with E-state index in [1.54, 1.807) is 25.4 Å². The van der Waals surface area contributed by atoms with E-state index in [0.717, 1.165) is 16.7 Å². The summed E-state index contributed by atoms with van der Waals surface area (Å²) in [6.45, 7) is 0.386. The van der Waals surface area contributed by atoms with Crippen molar-refractivity contribution in [1.82, 2.24) is 4.98 Å². The number of rotatable bonds is 7. The number of benzene rings is 2. The van der Waals surface area contributed by atoms with Crippen LogP contribution in [0.4, 0.5) is 0 Å². The van der Waals surface area contributed by atoms with Gasteiger partial charge in [-0.1, -0.05) is 36.4 Å². The molecular formula is C21H19NO4. The Labute approximate surface area is 151 Å². The van der Waals surface area contributed by atoms with Gasteiger partial charge in [0.05, 0.1) is 13.5 Å². The maximum Gasteiger partial charge on any atom is 0.307 e. The molecule has 1 N–H and O–H groups in total. The first kappa shape index (κ1) is 17.5. The van der Waals surface area contributed by atoms with E-state index in [2.05, 4.69) is 4.98 Å². The van der Waals surface area contributed by atoms with Crippen LogP contribution in [0.2, 0.25) is 0 Å². The molecule has 0 radical (unpaired) electrons. The number of carboxylic acids is 1. The highest BCUT2D eigenvalue weighted by molar-refractivity contribution is 5.73. The second-order valence-corrected chi connectivity index (χ2v) is 5.76. The molecule has 0 amide bonds. The number of hydrogen-bond acceptors (Lipinski definition) is 4. The zero-order chi connectivity index (χ0) is 18.4. The Bertz CT molecular complexity index is 876. The maximum atomic E-state index is 11.2. The van der Waals surface area contributed by atoms with Gasteiger partial charge in [-0.2, -0.15) is 0 Å². The molecule has 132 valence electrons. The van der Waals surface area contributed by atoms with Crippen LogP contribution < -0.4 is 9.47 Å². The molecule has 3 aromatic rings. The molecule has 1 heterocycles. The van der Waals surface area contributed by atoms with Gasteiger partial charge in [-0.3, -0.25) is 4.79 Å². The first-order chi connectivity index (χ1) is 12.7. The van der Waals surface area contributed by atoms with Gasteiger partial charge in [0.25, 0.3) is 0 Å². The molecule has 5 nitrogen and oxygen atoms in total. The molecule has 0 aliphatic carbocycles. The average molecular weight is 349 g/mol. The Hall–Kier alpha value is -3.34. The molecule has 2 aromatic carbocycles. The minimum Gasteiger partial charge on any atom is -0.489 e. The van der Waals surface area contributed by atoms with Crippen molar-refractivity contribution in [1.29, 1.82) is 0 Å².